The van der Waals surface area contributed by atoms with Crippen LogP contribution in [0.1, 0.15) is 57.9 Å². The van der Waals surface area contributed by atoms with Crippen molar-refractivity contribution in [2.45, 2.75) is 65.0 Å². The van der Waals surface area contributed by atoms with Crippen LogP contribution in [-0.2, 0) is 6.54 Å². The van der Waals surface area contributed by atoms with Gasteiger partial charge in [0, 0.05) is 17.1 Å². The topological polar surface area (TPSA) is 21.3 Å². The zero-order valence-electron chi connectivity index (χ0n) is 13.3. The van der Waals surface area contributed by atoms with Crippen molar-refractivity contribution in [1.29, 1.82) is 0 Å². The first kappa shape index (κ1) is 16.6. The summed E-state index contributed by atoms with van der Waals surface area (Å²) in [4.78, 5) is 0. The van der Waals surface area contributed by atoms with Crippen molar-refractivity contribution < 1.29 is 4.74 Å². The Morgan fingerprint density at radius 2 is 1.95 bits per heavy atom. The lowest BCUT2D eigenvalue weighted by atomic mass is 9.86. The highest BCUT2D eigenvalue weighted by atomic mass is 35.5. The first-order valence-electron chi connectivity index (χ1n) is 8.38. The average molecular weight is 310 g/mol. The molecule has 0 spiro atoms. The first-order valence-corrected chi connectivity index (χ1v) is 8.76. The van der Waals surface area contributed by atoms with E-state index in [2.05, 4.69) is 19.2 Å². The fourth-order valence-electron chi connectivity index (χ4n) is 3.04. The van der Waals surface area contributed by atoms with Gasteiger partial charge in [-0.15, -0.1) is 0 Å². The van der Waals surface area contributed by atoms with Crippen LogP contribution in [0.5, 0.6) is 5.75 Å². The van der Waals surface area contributed by atoms with Crippen molar-refractivity contribution in [2.24, 2.45) is 5.92 Å². The molecule has 0 saturated heterocycles. The van der Waals surface area contributed by atoms with E-state index < -0.39 is 0 Å². The Morgan fingerprint density at radius 3 is 2.62 bits per heavy atom. The van der Waals surface area contributed by atoms with Gasteiger partial charge in [0.15, 0.2) is 0 Å². The maximum atomic E-state index is 6.27. The molecule has 1 aliphatic rings. The Labute approximate surface area is 134 Å². The van der Waals surface area contributed by atoms with Crippen molar-refractivity contribution in [3.8, 4) is 5.75 Å². The Hall–Kier alpha value is -0.730. The molecule has 0 amide bonds. The van der Waals surface area contributed by atoms with Crippen molar-refractivity contribution in [3.05, 3.63) is 28.8 Å². The smallest absolute Gasteiger partial charge is 0.124 e. The summed E-state index contributed by atoms with van der Waals surface area (Å²) in [6, 6.07) is 5.98. The van der Waals surface area contributed by atoms with Gasteiger partial charge in [-0.2, -0.15) is 0 Å². The molecule has 0 heterocycles. The molecule has 1 aromatic rings. The van der Waals surface area contributed by atoms with Gasteiger partial charge in [0.25, 0.3) is 0 Å². The summed E-state index contributed by atoms with van der Waals surface area (Å²) in [5.41, 5.74) is 1.17. The minimum absolute atomic E-state index is 0.374. The summed E-state index contributed by atoms with van der Waals surface area (Å²) >= 11 is 6.13. The van der Waals surface area contributed by atoms with Gasteiger partial charge in [-0.05, 0) is 62.8 Å². The van der Waals surface area contributed by atoms with Crippen molar-refractivity contribution in [2.75, 3.05) is 6.54 Å². The molecular weight excluding hydrogens is 282 g/mol. The second-order valence-corrected chi connectivity index (χ2v) is 6.53. The second kappa shape index (κ2) is 8.65. The molecule has 3 heteroatoms. The molecule has 118 valence electrons. The van der Waals surface area contributed by atoms with Crippen LogP contribution in [0.3, 0.4) is 0 Å². The highest BCUT2D eigenvalue weighted by Gasteiger charge is 2.21. The molecule has 1 fully saturated rings. The Balaban J connectivity index is 1.95. The molecule has 0 bridgehead atoms. The summed E-state index contributed by atoms with van der Waals surface area (Å²) in [5, 5.41) is 4.22. The molecule has 1 saturated carbocycles. The van der Waals surface area contributed by atoms with Gasteiger partial charge in [-0.25, -0.2) is 0 Å². The van der Waals surface area contributed by atoms with Crippen LogP contribution in [0.25, 0.3) is 0 Å². The standard InChI is InChI=1S/C18H28ClNO/c1-3-11-20-13-15-12-16(19)7-10-18(15)21-17-8-5-14(4-2)6-9-17/h7,10,12,14,17,20H,3-6,8-9,11,13H2,1-2H3. The average Bonchev–Trinajstić information content (AvgIpc) is 2.51. The van der Waals surface area contributed by atoms with E-state index in [4.69, 9.17) is 16.3 Å². The molecule has 0 aromatic heterocycles. The quantitative estimate of drug-likeness (QED) is 0.700. The summed E-state index contributed by atoms with van der Waals surface area (Å²) in [6.45, 7) is 6.32. The number of ether oxygens (including phenoxy) is 1. The second-order valence-electron chi connectivity index (χ2n) is 6.10. The van der Waals surface area contributed by atoms with E-state index in [-0.39, 0.29) is 0 Å². The van der Waals surface area contributed by atoms with Crippen LogP contribution < -0.4 is 10.1 Å². The van der Waals surface area contributed by atoms with Gasteiger partial charge in [0.05, 0.1) is 6.10 Å². The molecule has 0 aliphatic heterocycles. The molecule has 21 heavy (non-hydrogen) atoms. The number of nitrogens with one attached hydrogen (secondary N) is 1. The number of benzene rings is 1. The van der Waals surface area contributed by atoms with Gasteiger partial charge in [-0.1, -0.05) is 31.9 Å². The van der Waals surface area contributed by atoms with Crippen molar-refractivity contribution in [3.63, 3.8) is 0 Å². The van der Waals surface area contributed by atoms with E-state index >= 15 is 0 Å². The number of hydrogen-bond donors (Lipinski definition) is 1. The molecule has 2 nitrogen and oxygen atoms in total. The largest absolute Gasteiger partial charge is 0.490 e. The third-order valence-electron chi connectivity index (χ3n) is 4.43. The summed E-state index contributed by atoms with van der Waals surface area (Å²) in [7, 11) is 0. The van der Waals surface area contributed by atoms with Crippen LogP contribution in [0.15, 0.2) is 18.2 Å². The summed E-state index contributed by atoms with van der Waals surface area (Å²) in [6.07, 6.45) is 7.79. The SMILES string of the molecule is CCCNCc1cc(Cl)ccc1OC1CCC(CC)CC1. The Morgan fingerprint density at radius 1 is 1.19 bits per heavy atom. The van der Waals surface area contributed by atoms with E-state index in [1.54, 1.807) is 0 Å². The van der Waals surface area contributed by atoms with Crippen molar-refractivity contribution in [1.82, 2.24) is 5.32 Å². The molecule has 0 atom stereocenters. The highest BCUT2D eigenvalue weighted by molar-refractivity contribution is 6.30. The van der Waals surface area contributed by atoms with Gasteiger partial charge >= 0.3 is 0 Å². The van der Waals surface area contributed by atoms with E-state index in [1.165, 1.54) is 37.7 Å². The number of halogens is 1. The van der Waals surface area contributed by atoms with Gasteiger partial charge in [0.1, 0.15) is 5.75 Å². The zero-order valence-corrected chi connectivity index (χ0v) is 14.1. The zero-order chi connectivity index (χ0) is 15.1. The van der Waals surface area contributed by atoms with E-state index in [0.29, 0.717) is 6.10 Å². The first-order chi connectivity index (χ1) is 10.2. The van der Waals surface area contributed by atoms with Crippen LogP contribution in [0.2, 0.25) is 5.02 Å². The summed E-state index contributed by atoms with van der Waals surface area (Å²) < 4.78 is 6.27. The fraction of sp³-hybridized carbons (Fsp3) is 0.667. The molecule has 1 aromatic carbocycles. The minimum atomic E-state index is 0.374. The maximum Gasteiger partial charge on any atom is 0.124 e. The lowest BCUT2D eigenvalue weighted by Crippen LogP contribution is -2.24. The number of rotatable bonds is 7. The Bertz CT molecular complexity index is 427. The predicted octanol–water partition coefficient (Wildman–Crippen LogP) is 5.19. The third-order valence-corrected chi connectivity index (χ3v) is 4.66. The van der Waals surface area contributed by atoms with Gasteiger partial charge < -0.3 is 10.1 Å². The molecular formula is C18H28ClNO. The fourth-order valence-corrected chi connectivity index (χ4v) is 3.23. The van der Waals surface area contributed by atoms with Gasteiger partial charge in [0.2, 0.25) is 0 Å². The van der Waals surface area contributed by atoms with Crippen LogP contribution in [0.4, 0.5) is 0 Å². The highest BCUT2D eigenvalue weighted by Crippen LogP contribution is 2.31. The van der Waals surface area contributed by atoms with E-state index in [0.717, 1.165) is 36.2 Å². The molecule has 0 radical (unpaired) electrons. The monoisotopic (exact) mass is 309 g/mol. The van der Waals surface area contributed by atoms with Crippen LogP contribution in [0, 0.1) is 5.92 Å². The van der Waals surface area contributed by atoms with Crippen molar-refractivity contribution >= 4 is 11.6 Å². The van der Waals surface area contributed by atoms with E-state index in [9.17, 15) is 0 Å². The molecule has 2 rings (SSSR count). The minimum Gasteiger partial charge on any atom is -0.490 e. The lowest BCUT2D eigenvalue weighted by Gasteiger charge is -2.29. The Kier molecular flexibility index (Phi) is 6.85. The lowest BCUT2D eigenvalue weighted by molar-refractivity contribution is 0.128. The van der Waals surface area contributed by atoms with Gasteiger partial charge in [-0.3, -0.25) is 0 Å². The van der Waals surface area contributed by atoms with Crippen LogP contribution >= 0.6 is 11.6 Å². The summed E-state index contributed by atoms with van der Waals surface area (Å²) in [5.74, 6) is 1.91. The third kappa shape index (κ3) is 5.19. The molecule has 1 N–H and O–H groups in total. The number of hydrogen-bond acceptors (Lipinski definition) is 2. The maximum absolute atomic E-state index is 6.27. The van der Waals surface area contributed by atoms with E-state index in [1.807, 2.05) is 18.2 Å². The predicted molar refractivity (Wildman–Crippen MR) is 90.1 cm³/mol. The van der Waals surface area contributed by atoms with Crippen LogP contribution in [-0.4, -0.2) is 12.6 Å². The molecule has 0 unspecified atom stereocenters. The normalized spacial score (nSPS) is 22.2. The molecule has 1 aliphatic carbocycles.